The molecule has 6 nitrogen and oxygen atoms in total. The summed E-state index contributed by atoms with van der Waals surface area (Å²) in [6.07, 6.45) is 6.43. The first-order valence-electron chi connectivity index (χ1n) is 10.4. The summed E-state index contributed by atoms with van der Waals surface area (Å²) in [5, 5.41) is 2.97. The van der Waals surface area contributed by atoms with E-state index in [4.69, 9.17) is 0 Å². The minimum Gasteiger partial charge on any atom is -0.345 e. The molecular formula is C24H28N4O2. The van der Waals surface area contributed by atoms with Crippen molar-refractivity contribution in [2.24, 2.45) is 5.41 Å². The largest absolute Gasteiger partial charge is 0.345 e. The number of nitrogens with one attached hydrogen (secondary N) is 2. The van der Waals surface area contributed by atoms with Gasteiger partial charge in [0.05, 0.1) is 6.04 Å². The summed E-state index contributed by atoms with van der Waals surface area (Å²) >= 11 is 0. The van der Waals surface area contributed by atoms with Crippen LogP contribution in [0.3, 0.4) is 0 Å². The normalized spacial score (nSPS) is 16.0. The van der Waals surface area contributed by atoms with Gasteiger partial charge in [0.15, 0.2) is 0 Å². The summed E-state index contributed by atoms with van der Waals surface area (Å²) in [4.78, 5) is 32.5. The van der Waals surface area contributed by atoms with Crippen LogP contribution < -0.4 is 10.9 Å². The second-order valence-corrected chi connectivity index (χ2v) is 8.99. The van der Waals surface area contributed by atoms with Crippen molar-refractivity contribution in [2.75, 3.05) is 0 Å². The number of carbonyl (C=O) groups is 1. The highest BCUT2D eigenvalue weighted by molar-refractivity contribution is 5.94. The summed E-state index contributed by atoms with van der Waals surface area (Å²) in [6, 6.07) is 9.53. The number of fused-ring (bicyclic) bond motifs is 1. The van der Waals surface area contributed by atoms with Crippen LogP contribution in [0.1, 0.15) is 66.2 Å². The summed E-state index contributed by atoms with van der Waals surface area (Å²) in [7, 11) is 0. The number of imidazole rings is 1. The fraction of sp³-hybridized carbons (Fsp3) is 0.375. The number of pyridine rings is 1. The van der Waals surface area contributed by atoms with E-state index in [0.29, 0.717) is 0 Å². The van der Waals surface area contributed by atoms with Gasteiger partial charge in [-0.25, -0.2) is 4.98 Å². The molecular weight excluding hydrogens is 376 g/mol. The Morgan fingerprint density at radius 2 is 2.00 bits per heavy atom. The van der Waals surface area contributed by atoms with Gasteiger partial charge in [-0.3, -0.25) is 9.59 Å². The van der Waals surface area contributed by atoms with E-state index in [0.717, 1.165) is 47.6 Å². The van der Waals surface area contributed by atoms with Crippen LogP contribution in [0, 0.1) is 12.3 Å². The molecule has 0 radical (unpaired) electrons. The molecule has 0 saturated carbocycles. The molecule has 1 aliphatic rings. The number of aromatic nitrogens is 3. The van der Waals surface area contributed by atoms with Crippen molar-refractivity contribution in [1.82, 2.24) is 19.9 Å². The number of aromatic amines is 1. The fourth-order valence-electron chi connectivity index (χ4n) is 4.16. The van der Waals surface area contributed by atoms with E-state index in [1.807, 2.05) is 48.9 Å². The van der Waals surface area contributed by atoms with Crippen LogP contribution >= 0.6 is 0 Å². The predicted molar refractivity (Wildman–Crippen MR) is 117 cm³/mol. The SMILES string of the molecule is Cc1nccn1-c1ccc(C(C)NC(=O)c2cc3c([nH]c2=O)CCC(C)(C)C3)cc1. The maximum Gasteiger partial charge on any atom is 0.261 e. The van der Waals surface area contributed by atoms with Gasteiger partial charge in [0.25, 0.3) is 11.5 Å². The first-order valence-corrected chi connectivity index (χ1v) is 10.4. The molecule has 1 atom stereocenters. The minimum atomic E-state index is -0.343. The topological polar surface area (TPSA) is 79.8 Å². The van der Waals surface area contributed by atoms with Crippen molar-refractivity contribution < 1.29 is 4.79 Å². The lowest BCUT2D eigenvalue weighted by atomic mass is 9.76. The van der Waals surface area contributed by atoms with Gasteiger partial charge >= 0.3 is 0 Å². The molecule has 6 heteroatoms. The van der Waals surface area contributed by atoms with Crippen LogP contribution in [-0.4, -0.2) is 20.4 Å². The van der Waals surface area contributed by atoms with Gasteiger partial charge in [0.1, 0.15) is 11.4 Å². The Morgan fingerprint density at radius 3 is 2.67 bits per heavy atom. The molecule has 1 aliphatic carbocycles. The molecule has 30 heavy (non-hydrogen) atoms. The number of amides is 1. The van der Waals surface area contributed by atoms with Gasteiger partial charge in [0.2, 0.25) is 0 Å². The molecule has 1 amide bonds. The number of aryl methyl sites for hydroxylation is 2. The van der Waals surface area contributed by atoms with Gasteiger partial charge in [-0.05, 0) is 67.9 Å². The smallest absolute Gasteiger partial charge is 0.261 e. The van der Waals surface area contributed by atoms with Crippen molar-refractivity contribution >= 4 is 5.91 Å². The zero-order chi connectivity index (χ0) is 21.5. The molecule has 156 valence electrons. The van der Waals surface area contributed by atoms with Crippen molar-refractivity contribution in [1.29, 1.82) is 0 Å². The molecule has 3 aromatic rings. The van der Waals surface area contributed by atoms with Crippen LogP contribution in [0.5, 0.6) is 0 Å². The Morgan fingerprint density at radius 1 is 1.27 bits per heavy atom. The monoisotopic (exact) mass is 404 g/mol. The summed E-state index contributed by atoms with van der Waals surface area (Å²) in [5.74, 6) is 0.573. The molecule has 0 spiro atoms. The maximum atomic E-state index is 12.9. The highest BCUT2D eigenvalue weighted by atomic mass is 16.2. The Bertz CT molecular complexity index is 1140. The Labute approximate surface area is 176 Å². The van der Waals surface area contributed by atoms with E-state index in [1.54, 1.807) is 12.3 Å². The second kappa shape index (κ2) is 7.59. The Hall–Kier alpha value is -3.15. The lowest BCUT2D eigenvalue weighted by Crippen LogP contribution is -2.34. The molecule has 2 aromatic heterocycles. The van der Waals surface area contributed by atoms with Gasteiger partial charge in [-0.15, -0.1) is 0 Å². The highest BCUT2D eigenvalue weighted by Crippen LogP contribution is 2.33. The Kier molecular flexibility index (Phi) is 5.10. The lowest BCUT2D eigenvalue weighted by molar-refractivity contribution is 0.0938. The van der Waals surface area contributed by atoms with Crippen LogP contribution in [0.15, 0.2) is 47.5 Å². The molecule has 0 fully saturated rings. The van der Waals surface area contributed by atoms with E-state index in [1.165, 1.54) is 0 Å². The molecule has 0 saturated heterocycles. The quantitative estimate of drug-likeness (QED) is 0.693. The van der Waals surface area contributed by atoms with Gasteiger partial charge in [-0.1, -0.05) is 26.0 Å². The van der Waals surface area contributed by atoms with E-state index in [2.05, 4.69) is 29.1 Å². The molecule has 1 aromatic carbocycles. The van der Waals surface area contributed by atoms with Crippen LogP contribution in [0.2, 0.25) is 0 Å². The third-order valence-electron chi connectivity index (χ3n) is 6.03. The summed E-state index contributed by atoms with van der Waals surface area (Å²) < 4.78 is 2.00. The average molecular weight is 405 g/mol. The van der Waals surface area contributed by atoms with Crippen LogP contribution in [-0.2, 0) is 12.8 Å². The first-order chi connectivity index (χ1) is 14.2. The van der Waals surface area contributed by atoms with Crippen LogP contribution in [0.25, 0.3) is 5.69 Å². The minimum absolute atomic E-state index is 0.182. The van der Waals surface area contributed by atoms with Gasteiger partial charge < -0.3 is 14.9 Å². The van der Waals surface area contributed by atoms with Gasteiger partial charge in [-0.2, -0.15) is 0 Å². The lowest BCUT2D eigenvalue weighted by Gasteiger charge is -2.31. The van der Waals surface area contributed by atoms with Crippen LogP contribution in [0.4, 0.5) is 0 Å². The Balaban J connectivity index is 1.51. The summed E-state index contributed by atoms with van der Waals surface area (Å²) in [6.45, 7) is 8.31. The number of hydrogen-bond acceptors (Lipinski definition) is 3. The van der Waals surface area contributed by atoms with E-state index >= 15 is 0 Å². The van der Waals surface area contributed by atoms with Crippen molar-refractivity contribution in [3.8, 4) is 5.69 Å². The number of H-pyrrole nitrogens is 1. The van der Waals surface area contributed by atoms with E-state index in [-0.39, 0.29) is 28.5 Å². The average Bonchev–Trinajstić information content (AvgIpc) is 3.13. The maximum absolute atomic E-state index is 12.9. The van der Waals surface area contributed by atoms with E-state index < -0.39 is 0 Å². The number of benzene rings is 1. The molecule has 1 unspecified atom stereocenters. The third kappa shape index (κ3) is 3.95. The van der Waals surface area contributed by atoms with E-state index in [9.17, 15) is 9.59 Å². The second-order valence-electron chi connectivity index (χ2n) is 8.99. The number of hydrogen-bond donors (Lipinski definition) is 2. The van der Waals surface area contributed by atoms with Gasteiger partial charge in [0, 0.05) is 23.8 Å². The standard InChI is InChI=1S/C24H28N4O2/c1-15(17-5-7-19(8-6-17)28-12-11-25-16(28)2)26-22(29)20-13-18-14-24(3,4)10-9-21(18)27-23(20)30/h5-8,11-13,15H,9-10,14H2,1-4H3,(H,26,29)(H,27,30). The predicted octanol–water partition coefficient (Wildman–Crippen LogP) is 3.87. The molecule has 2 N–H and O–H groups in total. The fourth-order valence-corrected chi connectivity index (χ4v) is 4.16. The number of nitrogens with zero attached hydrogens (tertiary/aromatic N) is 2. The first kappa shape index (κ1) is 20.1. The zero-order valence-corrected chi connectivity index (χ0v) is 18.0. The number of rotatable bonds is 4. The highest BCUT2D eigenvalue weighted by Gasteiger charge is 2.27. The molecule has 2 heterocycles. The molecule has 0 aliphatic heterocycles. The number of carbonyl (C=O) groups excluding carboxylic acids is 1. The van der Waals surface area contributed by atoms with Crippen molar-refractivity contribution in [3.63, 3.8) is 0 Å². The molecule has 0 bridgehead atoms. The zero-order valence-electron chi connectivity index (χ0n) is 18.0. The summed E-state index contributed by atoms with van der Waals surface area (Å²) in [5.41, 5.74) is 4.08. The third-order valence-corrected chi connectivity index (χ3v) is 6.03. The van der Waals surface area contributed by atoms with Crippen molar-refractivity contribution in [2.45, 2.75) is 53.0 Å². The van der Waals surface area contributed by atoms with Crippen molar-refractivity contribution in [3.05, 3.63) is 81.3 Å². The molecule has 4 rings (SSSR count).